The molecule has 9 nitrogen and oxygen atoms in total. The van der Waals surface area contributed by atoms with Gasteiger partial charge in [-0.05, 0) is 31.2 Å². The summed E-state index contributed by atoms with van der Waals surface area (Å²) in [6.45, 7) is 1.67. The number of aromatic nitrogens is 5. The molecular weight excluding hydrogens is 300 g/mol. The first-order valence-corrected chi connectivity index (χ1v) is 6.77. The number of hydrogen-bond donors (Lipinski definition) is 1. The van der Waals surface area contributed by atoms with E-state index < -0.39 is 5.56 Å². The van der Waals surface area contributed by atoms with Crippen molar-refractivity contribution in [3.8, 4) is 5.75 Å². The zero-order valence-corrected chi connectivity index (χ0v) is 12.6. The third kappa shape index (κ3) is 2.52. The molecule has 23 heavy (non-hydrogen) atoms. The van der Waals surface area contributed by atoms with E-state index in [1.807, 2.05) is 0 Å². The Labute approximate surface area is 130 Å². The monoisotopic (exact) mass is 314 g/mol. The van der Waals surface area contributed by atoms with E-state index in [1.54, 1.807) is 38.3 Å². The van der Waals surface area contributed by atoms with Gasteiger partial charge in [-0.2, -0.15) is 14.3 Å². The second-order valence-corrected chi connectivity index (χ2v) is 4.91. The van der Waals surface area contributed by atoms with Crippen LogP contribution in [0.5, 0.6) is 5.75 Å². The number of ketones is 1. The maximum atomic E-state index is 12.3. The zero-order valence-electron chi connectivity index (χ0n) is 12.6. The molecule has 3 rings (SSSR count). The van der Waals surface area contributed by atoms with Crippen molar-refractivity contribution in [3.05, 3.63) is 51.7 Å². The predicted octanol–water partition coefficient (Wildman–Crippen LogP) is -0.258. The molecule has 0 radical (unpaired) electrons. The number of Topliss-reactive ketones (excluding diaryl/α,β-unsaturated/α-hetero) is 1. The van der Waals surface area contributed by atoms with E-state index in [9.17, 15) is 9.59 Å². The number of fused-ring (bicyclic) bond motifs is 1. The van der Waals surface area contributed by atoms with Crippen molar-refractivity contribution in [2.24, 2.45) is 0 Å². The van der Waals surface area contributed by atoms with Gasteiger partial charge in [-0.1, -0.05) is 0 Å². The Morgan fingerprint density at radius 1 is 1.26 bits per heavy atom. The van der Waals surface area contributed by atoms with E-state index >= 15 is 0 Å². The zero-order chi connectivity index (χ0) is 16.6. The minimum atomic E-state index is -0.577. The quantitative estimate of drug-likeness (QED) is 0.521. The number of nitrogen functional groups attached to an aromatic ring is 1. The predicted molar refractivity (Wildman–Crippen MR) is 81.0 cm³/mol. The average molecular weight is 314 g/mol. The van der Waals surface area contributed by atoms with Gasteiger partial charge in [-0.3, -0.25) is 9.59 Å². The van der Waals surface area contributed by atoms with Crippen molar-refractivity contribution < 1.29 is 9.53 Å². The molecule has 1 aromatic carbocycles. The molecule has 0 unspecified atom stereocenters. The molecule has 0 amide bonds. The number of benzene rings is 1. The number of nitrogens with two attached hydrogens (primary N) is 1. The van der Waals surface area contributed by atoms with Gasteiger partial charge in [0.25, 0.3) is 11.3 Å². The highest BCUT2D eigenvalue weighted by Gasteiger charge is 2.17. The minimum absolute atomic E-state index is 0.0312. The van der Waals surface area contributed by atoms with Gasteiger partial charge >= 0.3 is 0 Å². The van der Waals surface area contributed by atoms with Crippen LogP contribution in [0, 0.1) is 6.92 Å². The van der Waals surface area contributed by atoms with Crippen LogP contribution in [0.4, 0.5) is 0 Å². The standard InChI is InChI=1S/C14H14N6O3/c1-8-16-17-14-19(15)13(22)11(18-20(8)14)7-12(21)9-3-5-10(23-2)6-4-9/h3-6H,7,15H2,1-2H3. The fourth-order valence-electron chi connectivity index (χ4n) is 2.15. The molecule has 2 aromatic heterocycles. The Kier molecular flexibility index (Phi) is 3.53. The normalized spacial score (nSPS) is 10.9. The molecule has 0 aliphatic rings. The Morgan fingerprint density at radius 2 is 1.96 bits per heavy atom. The number of hydrogen-bond acceptors (Lipinski definition) is 7. The topological polar surface area (TPSA) is 117 Å². The molecule has 2 N–H and O–H groups in total. The fourth-order valence-corrected chi connectivity index (χ4v) is 2.15. The van der Waals surface area contributed by atoms with E-state index in [1.165, 1.54) is 4.52 Å². The smallest absolute Gasteiger partial charge is 0.295 e. The highest BCUT2D eigenvalue weighted by molar-refractivity contribution is 5.97. The first-order valence-electron chi connectivity index (χ1n) is 6.77. The number of methoxy groups -OCH3 is 1. The van der Waals surface area contributed by atoms with Gasteiger partial charge in [-0.25, -0.2) is 0 Å². The van der Waals surface area contributed by atoms with Gasteiger partial charge in [-0.15, -0.1) is 10.2 Å². The van der Waals surface area contributed by atoms with E-state index in [0.717, 1.165) is 4.68 Å². The number of carbonyl (C=O) groups is 1. The largest absolute Gasteiger partial charge is 0.497 e. The molecule has 0 fully saturated rings. The first kappa shape index (κ1) is 14.7. The number of rotatable bonds is 4. The highest BCUT2D eigenvalue weighted by atomic mass is 16.5. The van der Waals surface area contributed by atoms with Crippen molar-refractivity contribution in [1.29, 1.82) is 0 Å². The molecule has 0 aliphatic heterocycles. The first-order chi connectivity index (χ1) is 11.0. The summed E-state index contributed by atoms with van der Waals surface area (Å²) in [5.41, 5.74) is -0.0911. The Bertz CT molecular complexity index is 942. The van der Waals surface area contributed by atoms with Crippen LogP contribution < -0.4 is 16.1 Å². The third-order valence-electron chi connectivity index (χ3n) is 3.42. The molecule has 0 spiro atoms. The van der Waals surface area contributed by atoms with E-state index in [2.05, 4.69) is 15.3 Å². The molecule has 3 aromatic rings. The fraction of sp³-hybridized carbons (Fsp3) is 0.214. The highest BCUT2D eigenvalue weighted by Crippen LogP contribution is 2.12. The van der Waals surface area contributed by atoms with Crippen molar-refractivity contribution in [1.82, 2.24) is 24.5 Å². The molecule has 0 bridgehead atoms. The Hall–Kier alpha value is -3.23. The van der Waals surface area contributed by atoms with E-state index in [0.29, 0.717) is 17.1 Å². The van der Waals surface area contributed by atoms with Crippen molar-refractivity contribution >= 4 is 11.6 Å². The van der Waals surface area contributed by atoms with Crippen molar-refractivity contribution in [2.45, 2.75) is 13.3 Å². The summed E-state index contributed by atoms with van der Waals surface area (Å²) in [7, 11) is 1.54. The third-order valence-corrected chi connectivity index (χ3v) is 3.42. The molecule has 9 heteroatoms. The lowest BCUT2D eigenvalue weighted by Crippen LogP contribution is -2.34. The van der Waals surface area contributed by atoms with Crippen LogP contribution in [0.2, 0.25) is 0 Å². The Morgan fingerprint density at radius 3 is 2.61 bits per heavy atom. The summed E-state index contributed by atoms with van der Waals surface area (Å²) in [4.78, 5) is 24.5. The van der Waals surface area contributed by atoms with Crippen LogP contribution in [0.3, 0.4) is 0 Å². The summed E-state index contributed by atoms with van der Waals surface area (Å²) >= 11 is 0. The minimum Gasteiger partial charge on any atom is -0.497 e. The SMILES string of the molecule is COc1ccc(C(=O)Cc2nn3c(C)nnc3n(N)c2=O)cc1. The van der Waals surface area contributed by atoms with Gasteiger partial charge < -0.3 is 10.6 Å². The van der Waals surface area contributed by atoms with E-state index in [4.69, 9.17) is 10.6 Å². The molecule has 0 saturated carbocycles. The van der Waals surface area contributed by atoms with Crippen LogP contribution in [-0.4, -0.2) is 37.4 Å². The summed E-state index contributed by atoms with van der Waals surface area (Å²) < 4.78 is 7.21. The van der Waals surface area contributed by atoms with Gasteiger partial charge in [0.05, 0.1) is 13.5 Å². The van der Waals surface area contributed by atoms with Crippen LogP contribution in [0.15, 0.2) is 29.1 Å². The van der Waals surface area contributed by atoms with Crippen LogP contribution in [0.1, 0.15) is 21.9 Å². The van der Waals surface area contributed by atoms with Gasteiger partial charge in [0.15, 0.2) is 11.6 Å². The van der Waals surface area contributed by atoms with Crippen LogP contribution in [0.25, 0.3) is 5.78 Å². The van der Waals surface area contributed by atoms with Crippen LogP contribution >= 0.6 is 0 Å². The molecule has 2 heterocycles. The lowest BCUT2D eigenvalue weighted by Gasteiger charge is -2.05. The number of nitrogens with zero attached hydrogens (tertiary/aromatic N) is 5. The second-order valence-electron chi connectivity index (χ2n) is 4.91. The summed E-state index contributed by atoms with van der Waals surface area (Å²) in [5, 5.41) is 11.7. The molecule has 0 aliphatic carbocycles. The maximum absolute atomic E-state index is 12.3. The summed E-state index contributed by atoms with van der Waals surface area (Å²) in [5.74, 6) is 6.68. The molecule has 0 atom stereocenters. The lowest BCUT2D eigenvalue weighted by molar-refractivity contribution is 0.0991. The van der Waals surface area contributed by atoms with Gasteiger partial charge in [0.1, 0.15) is 11.4 Å². The number of carbonyl (C=O) groups excluding carboxylic acids is 1. The number of ether oxygens (including phenoxy) is 1. The summed E-state index contributed by atoms with van der Waals surface area (Å²) in [6.07, 6.45) is -0.171. The van der Waals surface area contributed by atoms with Gasteiger partial charge in [0.2, 0.25) is 0 Å². The van der Waals surface area contributed by atoms with Crippen molar-refractivity contribution in [3.63, 3.8) is 0 Å². The van der Waals surface area contributed by atoms with Gasteiger partial charge in [0, 0.05) is 5.56 Å². The maximum Gasteiger partial charge on any atom is 0.295 e. The molecular formula is C14H14N6O3. The Balaban J connectivity index is 1.97. The number of aryl methyl sites for hydroxylation is 1. The average Bonchev–Trinajstić information content (AvgIpc) is 2.93. The van der Waals surface area contributed by atoms with Crippen LogP contribution in [-0.2, 0) is 6.42 Å². The lowest BCUT2D eigenvalue weighted by atomic mass is 10.1. The molecule has 0 saturated heterocycles. The second kappa shape index (κ2) is 5.52. The molecule has 118 valence electrons. The summed E-state index contributed by atoms with van der Waals surface area (Å²) in [6, 6.07) is 6.61. The van der Waals surface area contributed by atoms with E-state index in [-0.39, 0.29) is 23.7 Å². The van der Waals surface area contributed by atoms with Crippen molar-refractivity contribution in [2.75, 3.05) is 13.0 Å².